The number of carbonyl (C=O) groups excluding carboxylic acids is 2. The molecule has 11 nitrogen and oxygen atoms in total. The monoisotopic (exact) mass is 505 g/mol. The third kappa shape index (κ3) is 3.81. The number of carbonyl (C=O) groups is 2. The van der Waals surface area contributed by atoms with Gasteiger partial charge in [-0.1, -0.05) is 27.7 Å². The molecule has 2 aromatic heterocycles. The van der Waals surface area contributed by atoms with Crippen molar-refractivity contribution < 1.29 is 9.59 Å². The van der Waals surface area contributed by atoms with Crippen molar-refractivity contribution in [2.24, 2.45) is 19.2 Å². The van der Waals surface area contributed by atoms with Gasteiger partial charge in [0, 0.05) is 18.6 Å². The van der Waals surface area contributed by atoms with Crippen molar-refractivity contribution in [2.75, 3.05) is 10.7 Å². The molecule has 1 N–H and O–H groups in total. The summed E-state index contributed by atoms with van der Waals surface area (Å²) in [5.74, 6) is -0.454. The van der Waals surface area contributed by atoms with Gasteiger partial charge >= 0.3 is 5.69 Å². The van der Waals surface area contributed by atoms with Gasteiger partial charge in [0.2, 0.25) is 5.91 Å². The minimum absolute atomic E-state index is 0.134. The Morgan fingerprint density at radius 2 is 1.90 bits per heavy atom. The van der Waals surface area contributed by atoms with Crippen LogP contribution in [-0.4, -0.2) is 41.4 Å². The van der Waals surface area contributed by atoms with Crippen LogP contribution < -0.4 is 21.6 Å². The standard InChI is InChI=1S/C18H16BrN7O4S/c1-23-15-14(16(29)24(2)18(23)30)25(9-20-15)7-12(27)21-22-17-26(13(28)8-31-17)11-5-3-10(19)4-6-11/h3-6,9H,7-8H2,1-2H3,(H,21,27)/b22-17+. The number of fused-ring (bicyclic) bond motifs is 1. The highest BCUT2D eigenvalue weighted by atomic mass is 79.9. The van der Waals surface area contributed by atoms with Crippen molar-refractivity contribution in [3.05, 3.63) is 55.9 Å². The summed E-state index contributed by atoms with van der Waals surface area (Å²) in [4.78, 5) is 54.7. The number of amidine groups is 1. The predicted molar refractivity (Wildman–Crippen MR) is 120 cm³/mol. The Bertz CT molecular complexity index is 1360. The third-order valence-electron chi connectivity index (χ3n) is 4.66. The van der Waals surface area contributed by atoms with E-state index in [4.69, 9.17) is 0 Å². The Balaban J connectivity index is 1.56. The number of nitrogens with one attached hydrogen (secondary N) is 1. The van der Waals surface area contributed by atoms with Crippen LogP contribution in [0.15, 0.2) is 49.8 Å². The summed E-state index contributed by atoms with van der Waals surface area (Å²) in [5, 5.41) is 4.43. The number of anilines is 1. The predicted octanol–water partition coefficient (Wildman–Crippen LogP) is 0.363. The molecule has 0 aliphatic carbocycles. The van der Waals surface area contributed by atoms with Crippen molar-refractivity contribution in [1.29, 1.82) is 0 Å². The first kappa shape index (κ1) is 21.1. The number of hydrogen-bond donors (Lipinski definition) is 1. The van der Waals surface area contributed by atoms with Gasteiger partial charge in [0.1, 0.15) is 6.54 Å². The van der Waals surface area contributed by atoms with E-state index in [9.17, 15) is 19.2 Å². The van der Waals surface area contributed by atoms with Gasteiger partial charge in [0.25, 0.3) is 11.5 Å². The SMILES string of the molecule is Cn1c(=O)c2c(ncn2CC(=O)N/N=C2/SCC(=O)N2c2ccc(Br)cc2)n(C)c1=O. The highest BCUT2D eigenvalue weighted by Gasteiger charge is 2.30. The van der Waals surface area contributed by atoms with Gasteiger partial charge in [-0.3, -0.25) is 28.4 Å². The lowest BCUT2D eigenvalue weighted by Gasteiger charge is -2.16. The molecule has 1 fully saturated rings. The lowest BCUT2D eigenvalue weighted by molar-refractivity contribution is -0.121. The Kier molecular flexibility index (Phi) is 5.54. The van der Waals surface area contributed by atoms with E-state index in [0.717, 1.165) is 9.04 Å². The molecule has 0 saturated carbocycles. The average molecular weight is 506 g/mol. The zero-order chi connectivity index (χ0) is 22.3. The van der Waals surface area contributed by atoms with E-state index in [-0.39, 0.29) is 29.4 Å². The summed E-state index contributed by atoms with van der Waals surface area (Å²) >= 11 is 4.56. The molecule has 0 atom stereocenters. The molecule has 3 heterocycles. The van der Waals surface area contributed by atoms with Crippen molar-refractivity contribution in [2.45, 2.75) is 6.54 Å². The van der Waals surface area contributed by atoms with Crippen LogP contribution in [-0.2, 0) is 30.2 Å². The maximum Gasteiger partial charge on any atom is 0.332 e. The number of nitrogens with zero attached hydrogens (tertiary/aromatic N) is 6. The zero-order valence-electron chi connectivity index (χ0n) is 16.4. The molecule has 31 heavy (non-hydrogen) atoms. The molecular weight excluding hydrogens is 490 g/mol. The van der Waals surface area contributed by atoms with E-state index in [1.54, 1.807) is 24.3 Å². The molecule has 1 saturated heterocycles. The van der Waals surface area contributed by atoms with E-state index in [2.05, 4.69) is 31.4 Å². The Morgan fingerprint density at radius 1 is 1.19 bits per heavy atom. The smallest absolute Gasteiger partial charge is 0.315 e. The van der Waals surface area contributed by atoms with Crippen LogP contribution in [0.2, 0.25) is 0 Å². The van der Waals surface area contributed by atoms with Gasteiger partial charge < -0.3 is 4.57 Å². The van der Waals surface area contributed by atoms with E-state index in [1.165, 1.54) is 46.2 Å². The summed E-state index contributed by atoms with van der Waals surface area (Å²) < 4.78 is 4.42. The fourth-order valence-corrected chi connectivity index (χ4v) is 4.20. The number of imidazole rings is 1. The van der Waals surface area contributed by atoms with Crippen LogP contribution in [0.5, 0.6) is 0 Å². The molecule has 0 spiro atoms. The van der Waals surface area contributed by atoms with Gasteiger partial charge in [-0.15, -0.1) is 5.10 Å². The third-order valence-corrected chi connectivity index (χ3v) is 6.11. The largest absolute Gasteiger partial charge is 0.332 e. The van der Waals surface area contributed by atoms with E-state index in [1.807, 2.05) is 0 Å². The lowest BCUT2D eigenvalue weighted by Crippen LogP contribution is -2.38. The topological polar surface area (TPSA) is 124 Å². The fraction of sp³-hybridized carbons (Fsp3) is 0.222. The molecule has 1 aliphatic heterocycles. The fourth-order valence-electron chi connectivity index (χ4n) is 3.11. The summed E-state index contributed by atoms with van der Waals surface area (Å²) in [7, 11) is 2.86. The molecule has 4 rings (SSSR count). The van der Waals surface area contributed by atoms with Gasteiger partial charge in [-0.2, -0.15) is 0 Å². The normalized spacial score (nSPS) is 15.3. The van der Waals surface area contributed by atoms with Crippen LogP contribution in [0.3, 0.4) is 0 Å². The number of benzene rings is 1. The van der Waals surface area contributed by atoms with Crippen LogP contribution in [0.4, 0.5) is 5.69 Å². The molecule has 160 valence electrons. The van der Waals surface area contributed by atoms with Crippen LogP contribution in [0.25, 0.3) is 11.2 Å². The molecule has 1 aliphatic rings. The number of halogens is 1. The Hall–Kier alpha value is -3.19. The number of aryl methyl sites for hydroxylation is 1. The molecule has 1 aromatic carbocycles. The molecule has 3 aromatic rings. The number of hydrazone groups is 1. The number of hydrogen-bond acceptors (Lipinski definition) is 7. The number of amides is 2. The summed E-state index contributed by atoms with van der Waals surface area (Å²) in [6.07, 6.45) is 1.32. The number of thioether (sulfide) groups is 1. The first-order chi connectivity index (χ1) is 14.8. The molecule has 0 radical (unpaired) electrons. The first-order valence-electron chi connectivity index (χ1n) is 8.96. The van der Waals surface area contributed by atoms with E-state index < -0.39 is 17.2 Å². The highest BCUT2D eigenvalue weighted by Crippen LogP contribution is 2.27. The Morgan fingerprint density at radius 3 is 2.61 bits per heavy atom. The van der Waals surface area contributed by atoms with Crippen molar-refractivity contribution >= 4 is 61.5 Å². The summed E-state index contributed by atoms with van der Waals surface area (Å²) in [6.45, 7) is -0.238. The van der Waals surface area contributed by atoms with Crippen LogP contribution >= 0.6 is 27.7 Å². The summed E-state index contributed by atoms with van der Waals surface area (Å²) in [6, 6.07) is 7.14. The minimum atomic E-state index is -0.548. The van der Waals surface area contributed by atoms with Gasteiger partial charge in [0.15, 0.2) is 16.3 Å². The molecule has 13 heteroatoms. The minimum Gasteiger partial charge on any atom is -0.315 e. The molecular formula is C18H16BrN7O4S. The van der Waals surface area contributed by atoms with Crippen molar-refractivity contribution in [3.8, 4) is 0 Å². The maximum absolute atomic E-state index is 12.5. The van der Waals surface area contributed by atoms with Crippen molar-refractivity contribution in [1.82, 2.24) is 24.1 Å². The highest BCUT2D eigenvalue weighted by molar-refractivity contribution is 9.10. The summed E-state index contributed by atoms with van der Waals surface area (Å²) in [5.41, 5.74) is 2.32. The molecule has 0 unspecified atom stereocenters. The first-order valence-corrected chi connectivity index (χ1v) is 10.7. The van der Waals surface area contributed by atoms with Crippen LogP contribution in [0.1, 0.15) is 0 Å². The molecule has 2 amide bonds. The molecule has 0 bridgehead atoms. The van der Waals surface area contributed by atoms with Gasteiger partial charge in [0.05, 0.1) is 17.8 Å². The van der Waals surface area contributed by atoms with Gasteiger partial charge in [-0.05, 0) is 24.3 Å². The Labute approximate surface area is 187 Å². The number of rotatable bonds is 4. The van der Waals surface area contributed by atoms with E-state index in [0.29, 0.717) is 10.9 Å². The number of aromatic nitrogens is 4. The van der Waals surface area contributed by atoms with Crippen molar-refractivity contribution in [3.63, 3.8) is 0 Å². The zero-order valence-corrected chi connectivity index (χ0v) is 18.8. The average Bonchev–Trinajstić information content (AvgIpc) is 3.33. The van der Waals surface area contributed by atoms with Crippen LogP contribution in [0, 0.1) is 0 Å². The van der Waals surface area contributed by atoms with E-state index >= 15 is 0 Å². The van der Waals surface area contributed by atoms with Gasteiger partial charge in [-0.25, -0.2) is 15.2 Å². The second-order valence-electron chi connectivity index (χ2n) is 6.67. The second-order valence-corrected chi connectivity index (χ2v) is 8.53. The maximum atomic E-state index is 12.5. The second kappa shape index (κ2) is 8.15. The quantitative estimate of drug-likeness (QED) is 0.510. The lowest BCUT2D eigenvalue weighted by atomic mass is 10.3.